The molecule has 0 aliphatic heterocycles. The zero-order chi connectivity index (χ0) is 14.9. The molecule has 7 nitrogen and oxygen atoms in total. The maximum Gasteiger partial charge on any atom is 0.335 e. The summed E-state index contributed by atoms with van der Waals surface area (Å²) in [4.78, 5) is 34.5. The van der Waals surface area contributed by atoms with Crippen LogP contribution in [0.3, 0.4) is 0 Å². The van der Waals surface area contributed by atoms with E-state index in [-0.39, 0.29) is 17.8 Å². The van der Waals surface area contributed by atoms with Crippen LogP contribution >= 0.6 is 0 Å². The maximum atomic E-state index is 11.9. The van der Waals surface area contributed by atoms with Crippen molar-refractivity contribution in [3.63, 3.8) is 0 Å². The summed E-state index contributed by atoms with van der Waals surface area (Å²) in [6, 6.07) is 5.94. The number of nitrogens with zero attached hydrogens (tertiary/aromatic N) is 2. The second-order valence-corrected chi connectivity index (χ2v) is 4.37. The smallest absolute Gasteiger partial charge is 0.335 e. The summed E-state index contributed by atoms with van der Waals surface area (Å²) in [5, 5.41) is 8.80. The fourth-order valence-corrected chi connectivity index (χ4v) is 1.83. The molecule has 2 rings (SSSR count). The molecule has 0 aliphatic carbocycles. The van der Waals surface area contributed by atoms with E-state index in [1.165, 1.54) is 29.9 Å². The molecule has 2 aromatic rings. The summed E-state index contributed by atoms with van der Waals surface area (Å²) in [5.74, 6) is -1.03. The van der Waals surface area contributed by atoms with Crippen LogP contribution in [0.15, 0.2) is 40.1 Å². The number of carbonyl (C=O) groups is 1. The Morgan fingerprint density at radius 2 is 1.85 bits per heavy atom. The first kappa shape index (κ1) is 13.6. The minimum absolute atomic E-state index is 0.0192. The molecule has 3 N–H and O–H groups in total. The van der Waals surface area contributed by atoms with Crippen molar-refractivity contribution in [3.8, 4) is 0 Å². The molecule has 0 saturated heterocycles. The number of aromatic nitrogens is 2. The highest BCUT2D eigenvalue weighted by molar-refractivity contribution is 5.87. The summed E-state index contributed by atoms with van der Waals surface area (Å²) in [5.41, 5.74) is 5.26. The molecule has 104 valence electrons. The van der Waals surface area contributed by atoms with Crippen LogP contribution in [0.4, 0.5) is 5.69 Å². The summed E-state index contributed by atoms with van der Waals surface area (Å²) < 4.78 is 2.23. The number of nitrogen functional groups attached to an aromatic ring is 1. The van der Waals surface area contributed by atoms with Gasteiger partial charge in [-0.1, -0.05) is 12.1 Å². The van der Waals surface area contributed by atoms with Crippen LogP contribution in [0.5, 0.6) is 0 Å². The third-order valence-corrected chi connectivity index (χ3v) is 2.90. The van der Waals surface area contributed by atoms with E-state index < -0.39 is 17.2 Å². The Morgan fingerprint density at radius 1 is 1.25 bits per heavy atom. The van der Waals surface area contributed by atoms with Crippen molar-refractivity contribution in [3.05, 3.63) is 62.4 Å². The van der Waals surface area contributed by atoms with Crippen LogP contribution < -0.4 is 17.0 Å². The molecule has 1 aromatic carbocycles. The Morgan fingerprint density at radius 3 is 2.40 bits per heavy atom. The number of carboxylic acids is 1. The van der Waals surface area contributed by atoms with Gasteiger partial charge in [0.05, 0.1) is 12.1 Å². The van der Waals surface area contributed by atoms with Gasteiger partial charge < -0.3 is 15.4 Å². The zero-order valence-electron chi connectivity index (χ0n) is 10.7. The number of benzene rings is 1. The molecule has 0 spiro atoms. The lowest BCUT2D eigenvalue weighted by molar-refractivity contribution is 0.0697. The first-order chi connectivity index (χ1) is 9.40. The van der Waals surface area contributed by atoms with Gasteiger partial charge in [0, 0.05) is 13.2 Å². The van der Waals surface area contributed by atoms with Gasteiger partial charge in [-0.25, -0.2) is 9.59 Å². The van der Waals surface area contributed by atoms with Crippen molar-refractivity contribution in [2.75, 3.05) is 5.73 Å². The number of aromatic carboxylic acids is 1. The maximum absolute atomic E-state index is 11.9. The molecule has 0 aliphatic rings. The second kappa shape index (κ2) is 5.04. The Bertz CT molecular complexity index is 737. The van der Waals surface area contributed by atoms with Gasteiger partial charge in [0.2, 0.25) is 0 Å². The fourth-order valence-electron chi connectivity index (χ4n) is 1.83. The van der Waals surface area contributed by atoms with Crippen LogP contribution in [0.25, 0.3) is 0 Å². The van der Waals surface area contributed by atoms with Gasteiger partial charge in [0.15, 0.2) is 0 Å². The number of hydrogen-bond acceptors (Lipinski definition) is 4. The number of nitrogens with two attached hydrogens (primary N) is 1. The van der Waals surface area contributed by atoms with Gasteiger partial charge in [0.1, 0.15) is 5.69 Å². The summed E-state index contributed by atoms with van der Waals surface area (Å²) >= 11 is 0. The predicted molar refractivity (Wildman–Crippen MR) is 72.9 cm³/mol. The van der Waals surface area contributed by atoms with E-state index >= 15 is 0 Å². The number of rotatable bonds is 3. The fraction of sp³-hybridized carbons (Fsp3) is 0.154. The van der Waals surface area contributed by atoms with Crippen molar-refractivity contribution >= 4 is 11.7 Å². The third kappa shape index (κ3) is 2.46. The lowest BCUT2D eigenvalue weighted by atomic mass is 10.1. The number of hydrogen-bond donors (Lipinski definition) is 2. The second-order valence-electron chi connectivity index (χ2n) is 4.37. The van der Waals surface area contributed by atoms with Crippen LogP contribution in [-0.4, -0.2) is 20.2 Å². The van der Waals surface area contributed by atoms with Crippen molar-refractivity contribution in [2.45, 2.75) is 6.54 Å². The minimum Gasteiger partial charge on any atom is -0.478 e. The Balaban J connectivity index is 2.43. The molecular formula is C13H13N3O4. The first-order valence-electron chi connectivity index (χ1n) is 5.78. The number of anilines is 1. The highest BCUT2D eigenvalue weighted by Gasteiger charge is 2.08. The number of aryl methyl sites for hydroxylation is 1. The molecule has 0 amide bonds. The van der Waals surface area contributed by atoms with Gasteiger partial charge in [-0.15, -0.1) is 0 Å². The van der Waals surface area contributed by atoms with Crippen molar-refractivity contribution in [1.82, 2.24) is 9.13 Å². The summed E-state index contributed by atoms with van der Waals surface area (Å²) in [7, 11) is 1.50. The number of carboxylic acid groups (broad SMARTS) is 1. The van der Waals surface area contributed by atoms with Gasteiger partial charge in [-0.2, -0.15) is 0 Å². The minimum atomic E-state index is -1.03. The Kier molecular flexibility index (Phi) is 3.43. The molecule has 0 atom stereocenters. The van der Waals surface area contributed by atoms with E-state index in [0.717, 1.165) is 4.57 Å². The van der Waals surface area contributed by atoms with Crippen molar-refractivity contribution in [2.24, 2.45) is 7.05 Å². The van der Waals surface area contributed by atoms with Gasteiger partial charge in [0.25, 0.3) is 5.56 Å². The van der Waals surface area contributed by atoms with Gasteiger partial charge in [-0.3, -0.25) is 9.36 Å². The molecule has 0 radical (unpaired) electrons. The molecule has 0 bridgehead atoms. The van der Waals surface area contributed by atoms with E-state index in [9.17, 15) is 14.4 Å². The largest absolute Gasteiger partial charge is 0.478 e. The quantitative estimate of drug-likeness (QED) is 0.811. The topological polar surface area (TPSA) is 107 Å². The molecule has 0 fully saturated rings. The van der Waals surface area contributed by atoms with Crippen LogP contribution in [0.2, 0.25) is 0 Å². The molecular weight excluding hydrogens is 262 g/mol. The highest BCUT2D eigenvalue weighted by atomic mass is 16.4. The van der Waals surface area contributed by atoms with Crippen LogP contribution in [0, 0.1) is 0 Å². The van der Waals surface area contributed by atoms with E-state index in [4.69, 9.17) is 10.8 Å². The lowest BCUT2D eigenvalue weighted by Gasteiger charge is -2.08. The zero-order valence-corrected chi connectivity index (χ0v) is 10.7. The first-order valence-corrected chi connectivity index (χ1v) is 5.78. The SMILES string of the molecule is Cn1cc(N)c(=O)n(Cc2ccc(C(=O)O)cc2)c1=O. The summed E-state index contributed by atoms with van der Waals surface area (Å²) in [6.45, 7) is 0.0381. The molecule has 0 unspecified atom stereocenters. The molecule has 0 saturated carbocycles. The van der Waals surface area contributed by atoms with E-state index in [1.807, 2.05) is 0 Å². The normalized spacial score (nSPS) is 10.4. The molecule has 7 heteroatoms. The average Bonchev–Trinajstić information content (AvgIpc) is 2.42. The van der Waals surface area contributed by atoms with E-state index in [1.54, 1.807) is 12.1 Å². The van der Waals surface area contributed by atoms with Crippen LogP contribution in [0.1, 0.15) is 15.9 Å². The monoisotopic (exact) mass is 275 g/mol. The lowest BCUT2D eigenvalue weighted by Crippen LogP contribution is -2.39. The van der Waals surface area contributed by atoms with Crippen molar-refractivity contribution < 1.29 is 9.90 Å². The van der Waals surface area contributed by atoms with Gasteiger partial charge in [-0.05, 0) is 17.7 Å². The van der Waals surface area contributed by atoms with Crippen molar-refractivity contribution in [1.29, 1.82) is 0 Å². The van der Waals surface area contributed by atoms with E-state index in [0.29, 0.717) is 5.56 Å². The third-order valence-electron chi connectivity index (χ3n) is 2.90. The summed E-state index contributed by atoms with van der Waals surface area (Å²) in [6.07, 6.45) is 1.27. The van der Waals surface area contributed by atoms with Gasteiger partial charge >= 0.3 is 11.7 Å². The Labute approximate surface area is 113 Å². The standard InChI is InChI=1S/C13H13N3O4/c1-15-7-10(14)11(17)16(13(15)20)6-8-2-4-9(5-3-8)12(18)19/h2-5,7H,6,14H2,1H3,(H,18,19). The molecule has 20 heavy (non-hydrogen) atoms. The highest BCUT2D eigenvalue weighted by Crippen LogP contribution is 2.05. The predicted octanol–water partition coefficient (Wildman–Crippen LogP) is -0.124. The molecule has 1 heterocycles. The average molecular weight is 275 g/mol. The Hall–Kier alpha value is -2.83. The van der Waals surface area contributed by atoms with E-state index in [2.05, 4.69) is 0 Å². The molecule has 1 aromatic heterocycles. The van der Waals surface area contributed by atoms with Crippen LogP contribution in [-0.2, 0) is 13.6 Å².